The summed E-state index contributed by atoms with van der Waals surface area (Å²) in [5.74, 6) is -2.27. The highest BCUT2D eigenvalue weighted by Gasteiger charge is 2.43. The summed E-state index contributed by atoms with van der Waals surface area (Å²) in [5.41, 5.74) is 4.06. The van der Waals surface area contributed by atoms with Crippen molar-refractivity contribution in [2.24, 2.45) is 5.73 Å². The van der Waals surface area contributed by atoms with Crippen molar-refractivity contribution in [1.29, 1.82) is 0 Å². The average molecular weight is 338 g/mol. The van der Waals surface area contributed by atoms with Crippen LogP contribution in [0.15, 0.2) is 23.5 Å². The SMILES string of the molecule is C=C1CCC(OC)C(=O)/C1=C(\O)C1(C)NC(=O)CC[C@H](N)C(=O)O1. The Morgan fingerprint density at radius 2 is 2.04 bits per heavy atom. The molecule has 1 aliphatic carbocycles. The highest BCUT2D eigenvalue weighted by atomic mass is 16.6. The van der Waals surface area contributed by atoms with E-state index in [0.29, 0.717) is 18.4 Å². The quantitative estimate of drug-likeness (QED) is 0.373. The number of methoxy groups -OCH3 is 1. The molecule has 0 aromatic heterocycles. The fourth-order valence-corrected chi connectivity index (χ4v) is 2.79. The van der Waals surface area contributed by atoms with Crippen LogP contribution in [0, 0.1) is 0 Å². The monoisotopic (exact) mass is 338 g/mol. The topological polar surface area (TPSA) is 128 Å². The van der Waals surface area contributed by atoms with Crippen molar-refractivity contribution in [3.63, 3.8) is 0 Å². The van der Waals surface area contributed by atoms with Gasteiger partial charge in [-0.3, -0.25) is 14.4 Å². The van der Waals surface area contributed by atoms with Crippen LogP contribution in [0.3, 0.4) is 0 Å². The molecule has 8 heteroatoms. The average Bonchev–Trinajstić information content (AvgIpc) is 2.51. The predicted molar refractivity (Wildman–Crippen MR) is 83.7 cm³/mol. The van der Waals surface area contributed by atoms with Gasteiger partial charge in [0.15, 0.2) is 11.5 Å². The molecule has 1 heterocycles. The van der Waals surface area contributed by atoms with Crippen molar-refractivity contribution in [2.45, 2.75) is 50.5 Å². The Hall–Kier alpha value is -2.19. The van der Waals surface area contributed by atoms with Crippen LogP contribution in [0.25, 0.3) is 0 Å². The normalized spacial score (nSPS) is 34.1. The Morgan fingerprint density at radius 3 is 2.67 bits per heavy atom. The summed E-state index contributed by atoms with van der Waals surface area (Å²) >= 11 is 0. The van der Waals surface area contributed by atoms with E-state index >= 15 is 0 Å². The molecular formula is C16H22N2O6. The number of aliphatic hydroxyl groups excluding tert-OH is 1. The van der Waals surface area contributed by atoms with Crippen LogP contribution < -0.4 is 11.1 Å². The van der Waals surface area contributed by atoms with Crippen LogP contribution in [0.2, 0.25) is 0 Å². The van der Waals surface area contributed by atoms with Crippen molar-refractivity contribution in [2.75, 3.05) is 7.11 Å². The second kappa shape index (κ2) is 6.74. The van der Waals surface area contributed by atoms with E-state index in [9.17, 15) is 19.5 Å². The molecule has 2 unspecified atom stereocenters. The molecule has 0 radical (unpaired) electrons. The van der Waals surface area contributed by atoms with Gasteiger partial charge in [0.25, 0.3) is 0 Å². The molecule has 0 aromatic carbocycles. The zero-order valence-electron chi connectivity index (χ0n) is 13.8. The zero-order chi connectivity index (χ0) is 18.1. The predicted octanol–water partition coefficient (Wildman–Crippen LogP) is 0.229. The second-order valence-electron chi connectivity index (χ2n) is 6.10. The number of rotatable bonds is 2. The van der Waals surface area contributed by atoms with Gasteiger partial charge in [0.2, 0.25) is 11.6 Å². The third-order valence-electron chi connectivity index (χ3n) is 4.24. The number of carbonyl (C=O) groups is 3. The third kappa shape index (κ3) is 3.34. The number of Topliss-reactive ketones (excluding diaryl/α,β-unsaturated/α-hetero) is 1. The molecule has 1 saturated heterocycles. The largest absolute Gasteiger partial charge is 0.506 e. The lowest BCUT2D eigenvalue weighted by atomic mass is 9.84. The van der Waals surface area contributed by atoms with Crippen LogP contribution in [0.4, 0.5) is 0 Å². The highest BCUT2D eigenvalue weighted by molar-refractivity contribution is 6.04. The molecule has 2 aliphatic rings. The third-order valence-corrected chi connectivity index (χ3v) is 4.24. The van der Waals surface area contributed by atoms with E-state index < -0.39 is 41.3 Å². The number of esters is 1. The van der Waals surface area contributed by atoms with Gasteiger partial charge in [0.1, 0.15) is 12.1 Å². The van der Waals surface area contributed by atoms with E-state index in [1.807, 2.05) is 0 Å². The molecule has 24 heavy (non-hydrogen) atoms. The summed E-state index contributed by atoms with van der Waals surface area (Å²) in [6.45, 7) is 5.08. The summed E-state index contributed by atoms with van der Waals surface area (Å²) in [5, 5.41) is 13.1. The van der Waals surface area contributed by atoms with E-state index in [4.69, 9.17) is 15.2 Å². The molecule has 4 N–H and O–H groups in total. The molecule has 1 saturated carbocycles. The van der Waals surface area contributed by atoms with Gasteiger partial charge in [0.05, 0.1) is 5.57 Å². The Bertz CT molecular complexity index is 626. The highest BCUT2D eigenvalue weighted by Crippen LogP contribution is 2.33. The summed E-state index contributed by atoms with van der Waals surface area (Å²) in [7, 11) is 1.39. The molecule has 2 rings (SSSR count). The number of hydrogen-bond donors (Lipinski definition) is 3. The Labute approximate surface area is 139 Å². The second-order valence-corrected chi connectivity index (χ2v) is 6.10. The van der Waals surface area contributed by atoms with Gasteiger partial charge in [-0.1, -0.05) is 6.58 Å². The summed E-state index contributed by atoms with van der Waals surface area (Å²) in [4.78, 5) is 36.4. The van der Waals surface area contributed by atoms with Crippen molar-refractivity contribution in [1.82, 2.24) is 5.32 Å². The lowest BCUT2D eigenvalue weighted by molar-refractivity contribution is -0.166. The fourth-order valence-electron chi connectivity index (χ4n) is 2.79. The van der Waals surface area contributed by atoms with Gasteiger partial charge in [0, 0.05) is 20.5 Å². The summed E-state index contributed by atoms with van der Waals surface area (Å²) in [6.07, 6.45) is 0.290. The first-order valence-corrected chi connectivity index (χ1v) is 7.68. The smallest absolute Gasteiger partial charge is 0.325 e. The summed E-state index contributed by atoms with van der Waals surface area (Å²) < 4.78 is 10.3. The molecule has 1 aliphatic heterocycles. The number of nitrogens with two attached hydrogens (primary N) is 1. The van der Waals surface area contributed by atoms with Crippen LogP contribution in [-0.4, -0.2) is 47.7 Å². The van der Waals surface area contributed by atoms with Crippen LogP contribution in [-0.2, 0) is 23.9 Å². The number of amides is 1. The number of ether oxygens (including phenoxy) is 2. The minimum absolute atomic E-state index is 0.00403. The summed E-state index contributed by atoms with van der Waals surface area (Å²) in [6, 6.07) is -0.981. The number of aliphatic hydroxyl groups is 1. The molecular weight excluding hydrogens is 316 g/mol. The number of cyclic esters (lactones) is 1. The maximum Gasteiger partial charge on any atom is 0.325 e. The van der Waals surface area contributed by atoms with Gasteiger partial charge in [-0.05, 0) is 24.8 Å². The number of allylic oxidation sites excluding steroid dienone is 1. The van der Waals surface area contributed by atoms with Crippen molar-refractivity contribution >= 4 is 17.7 Å². The fraction of sp³-hybridized carbons (Fsp3) is 0.562. The number of nitrogens with one attached hydrogen (secondary N) is 1. The Balaban J connectivity index is 2.47. The zero-order valence-corrected chi connectivity index (χ0v) is 13.8. The van der Waals surface area contributed by atoms with Gasteiger partial charge in [-0.15, -0.1) is 0 Å². The van der Waals surface area contributed by atoms with Crippen LogP contribution in [0.5, 0.6) is 0 Å². The maximum atomic E-state index is 12.5. The standard InChI is InChI=1S/C16H22N2O6/c1-8-4-6-10(23-3)13(20)12(8)14(21)16(2)18-11(19)7-5-9(17)15(22)24-16/h9-10,21H,1,4-7,17H2,2-3H3,(H,18,19)/b14-12-/t9-,10?,16?/m0/s1. The minimum Gasteiger partial charge on any atom is -0.506 e. The molecule has 1 amide bonds. The molecule has 8 nitrogen and oxygen atoms in total. The Kier molecular flexibility index (Phi) is 5.10. The van der Waals surface area contributed by atoms with E-state index in [0.717, 1.165) is 0 Å². The van der Waals surface area contributed by atoms with Crippen molar-refractivity contribution in [3.8, 4) is 0 Å². The van der Waals surface area contributed by atoms with E-state index in [-0.39, 0.29) is 18.4 Å². The first-order valence-electron chi connectivity index (χ1n) is 7.68. The number of hydrogen-bond acceptors (Lipinski definition) is 7. The van der Waals surface area contributed by atoms with Gasteiger partial charge in [-0.2, -0.15) is 0 Å². The molecule has 0 spiro atoms. The van der Waals surface area contributed by atoms with E-state index in [1.54, 1.807) is 0 Å². The number of ketones is 1. The van der Waals surface area contributed by atoms with E-state index in [2.05, 4.69) is 11.9 Å². The Morgan fingerprint density at radius 1 is 1.38 bits per heavy atom. The lowest BCUT2D eigenvalue weighted by Gasteiger charge is -2.35. The molecule has 132 valence electrons. The van der Waals surface area contributed by atoms with Gasteiger partial charge < -0.3 is 25.6 Å². The first-order chi connectivity index (χ1) is 11.2. The molecule has 3 atom stereocenters. The molecule has 2 fully saturated rings. The van der Waals surface area contributed by atoms with Gasteiger partial charge >= 0.3 is 5.97 Å². The first kappa shape index (κ1) is 18.2. The lowest BCUT2D eigenvalue weighted by Crippen LogP contribution is -2.56. The van der Waals surface area contributed by atoms with Gasteiger partial charge in [-0.25, -0.2) is 0 Å². The van der Waals surface area contributed by atoms with Crippen molar-refractivity contribution in [3.05, 3.63) is 23.5 Å². The molecule has 0 bridgehead atoms. The van der Waals surface area contributed by atoms with Crippen LogP contribution >= 0.6 is 0 Å². The van der Waals surface area contributed by atoms with Crippen LogP contribution in [0.1, 0.15) is 32.6 Å². The molecule has 0 aromatic rings. The van der Waals surface area contributed by atoms with Crippen molar-refractivity contribution < 1.29 is 29.0 Å². The maximum absolute atomic E-state index is 12.5. The minimum atomic E-state index is -1.89. The van der Waals surface area contributed by atoms with E-state index in [1.165, 1.54) is 14.0 Å². The number of carbonyl (C=O) groups excluding carboxylic acids is 3.